The lowest BCUT2D eigenvalue weighted by molar-refractivity contribution is -0.147. The molecule has 1 unspecified atom stereocenters. The molecule has 0 aliphatic heterocycles. The molecular weight excluding hydrogens is 298 g/mol. The number of aliphatic carboxylic acids is 1. The molecule has 0 saturated heterocycles. The molecule has 0 aliphatic rings. The maximum atomic E-state index is 12.5. The molecule has 122 valence electrons. The van der Waals surface area contributed by atoms with E-state index in [1.165, 1.54) is 9.70 Å². The second-order valence-electron chi connectivity index (χ2n) is 5.43. The summed E-state index contributed by atoms with van der Waals surface area (Å²) in [6.45, 7) is 4.78. The molecule has 0 radical (unpaired) electrons. The lowest BCUT2D eigenvalue weighted by Gasteiger charge is -2.27. The number of benzene rings is 1. The van der Waals surface area contributed by atoms with Crippen molar-refractivity contribution in [2.24, 2.45) is 0 Å². The summed E-state index contributed by atoms with van der Waals surface area (Å²) in [5, 5.41) is 21.0. The Morgan fingerprint density at radius 3 is 2.43 bits per heavy atom. The summed E-state index contributed by atoms with van der Waals surface area (Å²) in [5.41, 5.74) is 0.796. The fourth-order valence-electron chi connectivity index (χ4n) is 2.09. The van der Waals surface area contributed by atoms with Crippen LogP contribution in [0, 0.1) is 0 Å². The van der Waals surface area contributed by atoms with Gasteiger partial charge in [-0.2, -0.15) is 4.80 Å². The second kappa shape index (κ2) is 6.99. The van der Waals surface area contributed by atoms with Gasteiger partial charge >= 0.3 is 5.97 Å². The largest absolute Gasteiger partial charge is 0.480 e. The van der Waals surface area contributed by atoms with Crippen molar-refractivity contribution >= 4 is 11.9 Å². The van der Waals surface area contributed by atoms with Gasteiger partial charge in [-0.25, -0.2) is 0 Å². The van der Waals surface area contributed by atoms with Gasteiger partial charge in [-0.1, -0.05) is 30.3 Å². The number of carboxylic acids is 1. The predicted molar refractivity (Wildman–Crippen MR) is 82.4 cm³/mol. The van der Waals surface area contributed by atoms with Crippen LogP contribution in [0.25, 0.3) is 11.4 Å². The highest BCUT2D eigenvalue weighted by Crippen LogP contribution is 2.15. The fourth-order valence-corrected chi connectivity index (χ4v) is 2.09. The Kier molecular flexibility index (Phi) is 5.05. The molecule has 8 heteroatoms. The predicted octanol–water partition coefficient (Wildman–Crippen LogP) is 1.22. The minimum atomic E-state index is -1.06. The summed E-state index contributed by atoms with van der Waals surface area (Å²) in [4.78, 5) is 25.9. The minimum absolute atomic E-state index is 0.238. The van der Waals surface area contributed by atoms with Gasteiger partial charge in [-0.3, -0.25) is 9.59 Å². The molecule has 1 amide bonds. The van der Waals surface area contributed by atoms with Crippen LogP contribution in [0.4, 0.5) is 0 Å². The number of carbonyl (C=O) groups is 2. The van der Waals surface area contributed by atoms with Gasteiger partial charge in [0.1, 0.15) is 12.6 Å². The van der Waals surface area contributed by atoms with Gasteiger partial charge in [0.2, 0.25) is 11.7 Å². The third-order valence-corrected chi connectivity index (χ3v) is 3.38. The number of rotatable bonds is 6. The van der Waals surface area contributed by atoms with Crippen molar-refractivity contribution in [3.63, 3.8) is 0 Å². The Labute approximate surface area is 133 Å². The molecule has 0 saturated carbocycles. The van der Waals surface area contributed by atoms with Gasteiger partial charge in [0.25, 0.3) is 0 Å². The van der Waals surface area contributed by atoms with Crippen LogP contribution in [0.1, 0.15) is 26.8 Å². The molecule has 2 rings (SSSR count). The quantitative estimate of drug-likeness (QED) is 0.859. The van der Waals surface area contributed by atoms with Crippen molar-refractivity contribution in [1.29, 1.82) is 0 Å². The first-order valence-electron chi connectivity index (χ1n) is 7.27. The van der Waals surface area contributed by atoms with E-state index in [1.807, 2.05) is 30.3 Å². The normalized spacial score (nSPS) is 12.2. The SMILES string of the molecule is CC(C)N(CC(=O)O)C(=O)C(C)n1nnc(-c2ccccc2)n1. The highest BCUT2D eigenvalue weighted by molar-refractivity contribution is 5.84. The average Bonchev–Trinajstić information content (AvgIpc) is 3.01. The van der Waals surface area contributed by atoms with Gasteiger partial charge in [0, 0.05) is 11.6 Å². The van der Waals surface area contributed by atoms with E-state index in [1.54, 1.807) is 20.8 Å². The maximum absolute atomic E-state index is 12.5. The molecule has 0 aliphatic carbocycles. The van der Waals surface area contributed by atoms with Crippen LogP contribution < -0.4 is 0 Å². The maximum Gasteiger partial charge on any atom is 0.323 e. The first-order chi connectivity index (χ1) is 10.9. The lowest BCUT2D eigenvalue weighted by atomic mass is 10.2. The van der Waals surface area contributed by atoms with E-state index < -0.39 is 12.0 Å². The number of hydrogen-bond acceptors (Lipinski definition) is 5. The highest BCUT2D eigenvalue weighted by atomic mass is 16.4. The fraction of sp³-hybridized carbons (Fsp3) is 0.400. The van der Waals surface area contributed by atoms with Crippen molar-refractivity contribution in [3.8, 4) is 11.4 Å². The smallest absolute Gasteiger partial charge is 0.323 e. The second-order valence-corrected chi connectivity index (χ2v) is 5.43. The van der Waals surface area contributed by atoms with Gasteiger partial charge in [-0.15, -0.1) is 10.2 Å². The van der Waals surface area contributed by atoms with E-state index in [9.17, 15) is 9.59 Å². The molecule has 0 spiro atoms. The number of nitrogens with zero attached hydrogens (tertiary/aromatic N) is 5. The Hall–Kier alpha value is -2.77. The zero-order valence-corrected chi connectivity index (χ0v) is 13.2. The third kappa shape index (κ3) is 3.91. The number of tetrazole rings is 1. The van der Waals surface area contributed by atoms with Crippen LogP contribution in [-0.2, 0) is 9.59 Å². The molecule has 1 heterocycles. The first-order valence-corrected chi connectivity index (χ1v) is 7.27. The average molecular weight is 317 g/mol. The number of carboxylic acid groups (broad SMARTS) is 1. The van der Waals surface area contributed by atoms with E-state index in [0.29, 0.717) is 5.82 Å². The van der Waals surface area contributed by atoms with E-state index in [0.717, 1.165) is 5.56 Å². The molecule has 1 aromatic carbocycles. The minimum Gasteiger partial charge on any atom is -0.480 e. The summed E-state index contributed by atoms with van der Waals surface area (Å²) < 4.78 is 0. The van der Waals surface area contributed by atoms with Crippen molar-refractivity contribution < 1.29 is 14.7 Å². The summed E-state index contributed by atoms with van der Waals surface area (Å²) in [6.07, 6.45) is 0. The van der Waals surface area contributed by atoms with E-state index in [2.05, 4.69) is 15.4 Å². The number of carbonyl (C=O) groups excluding carboxylic acids is 1. The Bertz CT molecular complexity index is 683. The van der Waals surface area contributed by atoms with Gasteiger partial charge < -0.3 is 10.0 Å². The lowest BCUT2D eigenvalue weighted by Crippen LogP contribution is -2.44. The molecular formula is C15H19N5O3. The molecule has 23 heavy (non-hydrogen) atoms. The zero-order valence-electron chi connectivity index (χ0n) is 13.2. The molecule has 1 aromatic heterocycles. The van der Waals surface area contributed by atoms with Crippen LogP contribution in [-0.4, -0.2) is 54.7 Å². The summed E-state index contributed by atoms with van der Waals surface area (Å²) >= 11 is 0. The highest BCUT2D eigenvalue weighted by Gasteiger charge is 2.27. The van der Waals surface area contributed by atoms with Crippen molar-refractivity contribution in [1.82, 2.24) is 25.1 Å². The summed E-state index contributed by atoms with van der Waals surface area (Å²) in [5.74, 6) is -1.00. The Balaban J connectivity index is 2.19. The van der Waals surface area contributed by atoms with E-state index in [-0.39, 0.29) is 18.5 Å². The Morgan fingerprint density at radius 2 is 1.87 bits per heavy atom. The van der Waals surface area contributed by atoms with Crippen molar-refractivity contribution in [3.05, 3.63) is 30.3 Å². The topological polar surface area (TPSA) is 101 Å². The van der Waals surface area contributed by atoms with Crippen LogP contribution in [0.3, 0.4) is 0 Å². The number of hydrogen-bond donors (Lipinski definition) is 1. The Morgan fingerprint density at radius 1 is 1.22 bits per heavy atom. The van der Waals surface area contributed by atoms with E-state index in [4.69, 9.17) is 5.11 Å². The van der Waals surface area contributed by atoms with Gasteiger partial charge in [-0.05, 0) is 26.0 Å². The van der Waals surface area contributed by atoms with Crippen LogP contribution in [0.5, 0.6) is 0 Å². The number of amides is 1. The van der Waals surface area contributed by atoms with Crippen molar-refractivity contribution in [2.75, 3.05) is 6.54 Å². The third-order valence-electron chi connectivity index (χ3n) is 3.38. The molecule has 0 bridgehead atoms. The first kappa shape index (κ1) is 16.6. The monoisotopic (exact) mass is 317 g/mol. The molecule has 2 aromatic rings. The number of aromatic nitrogens is 4. The van der Waals surface area contributed by atoms with Crippen LogP contribution in [0.2, 0.25) is 0 Å². The van der Waals surface area contributed by atoms with Crippen LogP contribution in [0.15, 0.2) is 30.3 Å². The van der Waals surface area contributed by atoms with Gasteiger partial charge in [0.15, 0.2) is 0 Å². The summed E-state index contributed by atoms with van der Waals surface area (Å²) in [7, 11) is 0. The molecule has 8 nitrogen and oxygen atoms in total. The summed E-state index contributed by atoms with van der Waals surface area (Å²) in [6, 6.07) is 8.32. The van der Waals surface area contributed by atoms with Crippen LogP contribution >= 0.6 is 0 Å². The standard InChI is InChI=1S/C15H19N5O3/c1-10(2)19(9-13(21)22)15(23)11(3)20-17-14(16-18-20)12-7-5-4-6-8-12/h4-8,10-11H,9H2,1-3H3,(H,21,22). The van der Waals surface area contributed by atoms with E-state index >= 15 is 0 Å². The molecule has 1 atom stereocenters. The molecule has 1 N–H and O–H groups in total. The molecule has 0 fully saturated rings. The van der Waals surface area contributed by atoms with Gasteiger partial charge in [0.05, 0.1) is 0 Å². The van der Waals surface area contributed by atoms with Crippen molar-refractivity contribution in [2.45, 2.75) is 32.9 Å². The zero-order chi connectivity index (χ0) is 17.0.